The van der Waals surface area contributed by atoms with E-state index in [1.165, 1.54) is 19.1 Å². The van der Waals surface area contributed by atoms with Crippen LogP contribution in [0.4, 0.5) is 11.5 Å². The SMILES string of the molecule is COC=O.CSNc1ccc(Cl)cc1C(=O)N1CCCCC1c1cc2nc(N3CCC(N)C3)c(C)cn2n1. The van der Waals surface area contributed by atoms with Gasteiger partial charge < -0.3 is 25.0 Å². The van der Waals surface area contributed by atoms with E-state index in [0.717, 1.165) is 67.2 Å². The largest absolute Gasteiger partial charge is 0.471 e. The van der Waals surface area contributed by atoms with Gasteiger partial charge in [-0.15, -0.1) is 0 Å². The highest BCUT2D eigenvalue weighted by atomic mass is 35.5. The summed E-state index contributed by atoms with van der Waals surface area (Å²) in [4.78, 5) is 31.8. The number of fused-ring (bicyclic) bond motifs is 1. The van der Waals surface area contributed by atoms with Crippen molar-refractivity contribution in [2.75, 3.05) is 42.6 Å². The first-order valence-electron chi connectivity index (χ1n) is 12.6. The number of anilines is 2. The summed E-state index contributed by atoms with van der Waals surface area (Å²) in [7, 11) is 1.31. The van der Waals surface area contributed by atoms with Crippen LogP contribution in [0.15, 0.2) is 30.5 Å². The number of hydrogen-bond donors (Lipinski definition) is 2. The minimum Gasteiger partial charge on any atom is -0.471 e. The molecule has 0 bridgehead atoms. The lowest BCUT2D eigenvalue weighted by atomic mass is 9.98. The number of amides is 1. The van der Waals surface area contributed by atoms with E-state index in [2.05, 4.69) is 21.3 Å². The number of carbonyl (C=O) groups is 2. The van der Waals surface area contributed by atoms with E-state index in [1.54, 1.807) is 12.1 Å². The Bertz CT molecular complexity index is 1290. The maximum atomic E-state index is 13.7. The van der Waals surface area contributed by atoms with Crippen LogP contribution in [0, 0.1) is 6.92 Å². The molecule has 0 saturated carbocycles. The lowest BCUT2D eigenvalue weighted by Crippen LogP contribution is -2.39. The Labute approximate surface area is 232 Å². The molecule has 10 nitrogen and oxygen atoms in total. The summed E-state index contributed by atoms with van der Waals surface area (Å²) in [5.74, 6) is 0.937. The molecule has 2 unspecified atom stereocenters. The number of carbonyl (C=O) groups excluding carboxylic acids is 2. The fourth-order valence-electron chi connectivity index (χ4n) is 5.01. The molecule has 5 rings (SSSR count). The molecule has 2 aliphatic heterocycles. The van der Waals surface area contributed by atoms with Gasteiger partial charge in [-0.05, 0) is 50.8 Å². The molecule has 3 aromatic rings. The minimum absolute atomic E-state index is 0.0308. The number of benzene rings is 1. The molecule has 2 saturated heterocycles. The number of rotatable bonds is 6. The van der Waals surface area contributed by atoms with Gasteiger partial charge in [0.2, 0.25) is 0 Å². The molecule has 12 heteroatoms. The van der Waals surface area contributed by atoms with E-state index in [1.807, 2.05) is 34.0 Å². The van der Waals surface area contributed by atoms with Gasteiger partial charge >= 0.3 is 0 Å². The number of aromatic nitrogens is 3. The molecule has 2 aromatic heterocycles. The average Bonchev–Trinajstić information content (AvgIpc) is 3.54. The molecule has 2 fully saturated rings. The zero-order valence-corrected chi connectivity index (χ0v) is 23.5. The van der Waals surface area contributed by atoms with Gasteiger partial charge in [0, 0.05) is 54.8 Å². The van der Waals surface area contributed by atoms with E-state index >= 15 is 0 Å². The molecular formula is C26H34ClN7O3S. The van der Waals surface area contributed by atoms with Crippen LogP contribution in [0.3, 0.4) is 0 Å². The highest BCUT2D eigenvalue weighted by molar-refractivity contribution is 7.99. The van der Waals surface area contributed by atoms with Crippen molar-refractivity contribution in [2.24, 2.45) is 5.73 Å². The molecule has 204 valence electrons. The Morgan fingerprint density at radius 2 is 2.05 bits per heavy atom. The van der Waals surface area contributed by atoms with Gasteiger partial charge in [0.05, 0.1) is 30.1 Å². The Morgan fingerprint density at radius 1 is 1.26 bits per heavy atom. The number of aryl methyl sites for hydroxylation is 1. The topological polar surface area (TPSA) is 118 Å². The maximum Gasteiger partial charge on any atom is 0.292 e. The van der Waals surface area contributed by atoms with Gasteiger partial charge in [0.25, 0.3) is 12.4 Å². The number of piperidine rings is 1. The first-order valence-corrected chi connectivity index (χ1v) is 14.2. The number of nitrogens with one attached hydrogen (secondary N) is 1. The third-order valence-corrected chi connectivity index (χ3v) is 7.43. The van der Waals surface area contributed by atoms with Gasteiger partial charge in [-0.25, -0.2) is 9.50 Å². The summed E-state index contributed by atoms with van der Waals surface area (Å²) in [6.07, 6.45) is 7.83. The average molecular weight is 560 g/mol. The number of methoxy groups -OCH3 is 1. The molecule has 38 heavy (non-hydrogen) atoms. The third-order valence-electron chi connectivity index (χ3n) is 6.77. The lowest BCUT2D eigenvalue weighted by molar-refractivity contribution is -0.126. The van der Waals surface area contributed by atoms with Crippen molar-refractivity contribution >= 4 is 53.1 Å². The van der Waals surface area contributed by atoms with Gasteiger partial charge in [0.1, 0.15) is 5.82 Å². The second-order valence-corrected chi connectivity index (χ2v) is 10.5. The molecule has 0 radical (unpaired) electrons. The van der Waals surface area contributed by atoms with Crippen LogP contribution < -0.4 is 15.4 Å². The quantitative estimate of drug-likeness (QED) is 0.340. The number of halogens is 1. The second kappa shape index (κ2) is 12.7. The fourth-order valence-corrected chi connectivity index (χ4v) is 5.58. The standard InChI is InChI=1S/C24H30ClN7OS.C2H4O2/c1-15-13-32-22(27-23(15)30-10-8-17(26)14-30)12-20(28-32)21-5-3-4-9-31(21)24(33)18-11-16(25)6-7-19(18)29-34-2;1-4-2-3/h6-7,11-13,17,21,29H,3-5,8-10,14,26H2,1-2H3;2H,1H3. The van der Waals surface area contributed by atoms with E-state index in [0.29, 0.717) is 23.6 Å². The fraction of sp³-hybridized carbons (Fsp3) is 0.462. The molecular weight excluding hydrogens is 526 g/mol. The lowest BCUT2D eigenvalue weighted by Gasteiger charge is -2.35. The summed E-state index contributed by atoms with van der Waals surface area (Å²) >= 11 is 7.71. The van der Waals surface area contributed by atoms with Crippen LogP contribution >= 0.6 is 23.5 Å². The van der Waals surface area contributed by atoms with Crippen LogP contribution in [0.2, 0.25) is 5.02 Å². The summed E-state index contributed by atoms with van der Waals surface area (Å²) in [6, 6.07) is 7.51. The van der Waals surface area contributed by atoms with Gasteiger partial charge in [-0.1, -0.05) is 23.5 Å². The van der Waals surface area contributed by atoms with E-state index < -0.39 is 0 Å². The molecule has 0 spiro atoms. The monoisotopic (exact) mass is 559 g/mol. The zero-order valence-electron chi connectivity index (χ0n) is 21.9. The molecule has 1 aromatic carbocycles. The van der Waals surface area contributed by atoms with Crippen LogP contribution in [0.5, 0.6) is 0 Å². The summed E-state index contributed by atoms with van der Waals surface area (Å²) in [5, 5.41) is 5.40. The summed E-state index contributed by atoms with van der Waals surface area (Å²) in [6.45, 7) is 4.86. The number of ether oxygens (including phenoxy) is 1. The first-order chi connectivity index (χ1) is 18.4. The Hall–Kier alpha value is -3.02. The number of hydrogen-bond acceptors (Lipinski definition) is 9. The molecule has 4 heterocycles. The second-order valence-electron chi connectivity index (χ2n) is 9.45. The van der Waals surface area contributed by atoms with Crippen molar-refractivity contribution < 1.29 is 14.3 Å². The highest BCUT2D eigenvalue weighted by Crippen LogP contribution is 2.34. The molecule has 0 aliphatic carbocycles. The van der Waals surface area contributed by atoms with Crippen LogP contribution in [0.25, 0.3) is 5.65 Å². The molecule has 3 N–H and O–H groups in total. The van der Waals surface area contributed by atoms with Gasteiger partial charge in [-0.2, -0.15) is 5.10 Å². The van der Waals surface area contributed by atoms with E-state index in [-0.39, 0.29) is 18.0 Å². The first kappa shape index (κ1) is 28.0. The van der Waals surface area contributed by atoms with Crippen molar-refractivity contribution in [2.45, 2.75) is 44.7 Å². The van der Waals surface area contributed by atoms with Crippen molar-refractivity contribution in [1.29, 1.82) is 0 Å². The van der Waals surface area contributed by atoms with Crippen LogP contribution in [0.1, 0.15) is 53.3 Å². The van der Waals surface area contributed by atoms with Crippen molar-refractivity contribution in [1.82, 2.24) is 19.5 Å². The number of likely N-dealkylation sites (tertiary alicyclic amines) is 1. The highest BCUT2D eigenvalue weighted by Gasteiger charge is 2.32. The smallest absolute Gasteiger partial charge is 0.292 e. The Balaban J connectivity index is 0.000000786. The van der Waals surface area contributed by atoms with Crippen molar-refractivity contribution in [3.8, 4) is 0 Å². The van der Waals surface area contributed by atoms with E-state index in [9.17, 15) is 4.79 Å². The Morgan fingerprint density at radius 3 is 2.74 bits per heavy atom. The molecule has 2 atom stereocenters. The summed E-state index contributed by atoms with van der Waals surface area (Å²) in [5.41, 5.74) is 10.2. The maximum absolute atomic E-state index is 13.7. The van der Waals surface area contributed by atoms with E-state index in [4.69, 9.17) is 32.2 Å². The molecule has 1 amide bonds. The predicted octanol–water partition coefficient (Wildman–Crippen LogP) is 4.08. The third kappa shape index (κ3) is 6.16. The number of nitrogens with two attached hydrogens (primary N) is 1. The van der Waals surface area contributed by atoms with Gasteiger partial charge in [0.15, 0.2) is 5.65 Å². The minimum atomic E-state index is -0.104. The van der Waals surface area contributed by atoms with Crippen molar-refractivity contribution in [3.05, 3.63) is 52.3 Å². The molecule has 2 aliphatic rings. The van der Waals surface area contributed by atoms with Crippen molar-refractivity contribution in [3.63, 3.8) is 0 Å². The normalized spacial score (nSPS) is 19.2. The van der Waals surface area contributed by atoms with Crippen LogP contribution in [-0.2, 0) is 9.53 Å². The van der Waals surface area contributed by atoms with Crippen LogP contribution in [-0.4, -0.2) is 70.9 Å². The number of nitrogens with zero attached hydrogens (tertiary/aromatic N) is 5. The predicted molar refractivity (Wildman–Crippen MR) is 152 cm³/mol. The Kier molecular flexibility index (Phi) is 9.35. The summed E-state index contributed by atoms with van der Waals surface area (Å²) < 4.78 is 8.90. The van der Waals surface area contributed by atoms with Gasteiger partial charge in [-0.3, -0.25) is 9.59 Å². The zero-order chi connectivity index (χ0) is 27.2.